The minimum atomic E-state index is -0.287. The van der Waals surface area contributed by atoms with Crippen LogP contribution in [0.1, 0.15) is 64.2 Å². The fraction of sp³-hybridized carbons (Fsp3) is 0.875. The van der Waals surface area contributed by atoms with Crippen LogP contribution in [0.5, 0.6) is 0 Å². The van der Waals surface area contributed by atoms with E-state index < -0.39 is 0 Å². The number of halogens is 1. The average Bonchev–Trinajstić information content (AvgIpc) is 2.47. The van der Waals surface area contributed by atoms with E-state index >= 15 is 0 Å². The van der Waals surface area contributed by atoms with Crippen molar-refractivity contribution in [2.45, 2.75) is 76.4 Å². The molecule has 21 heavy (non-hydrogen) atoms. The molecule has 120 valence electrons. The summed E-state index contributed by atoms with van der Waals surface area (Å²) in [4.78, 5) is 25.2. The Bertz CT molecular complexity index is 355. The van der Waals surface area contributed by atoms with Crippen LogP contribution < -0.4 is 0 Å². The number of hydrogen-bond donors (Lipinski definition) is 0. The van der Waals surface area contributed by atoms with Crippen molar-refractivity contribution in [3.8, 4) is 0 Å². The smallest absolute Gasteiger partial charge is 0.320 e. The predicted molar refractivity (Wildman–Crippen MR) is 82.3 cm³/mol. The molecule has 1 atom stereocenters. The Hall–Kier alpha value is -0.610. The van der Waals surface area contributed by atoms with E-state index in [4.69, 9.17) is 16.3 Å². The molecule has 1 aliphatic carbocycles. The van der Waals surface area contributed by atoms with Crippen LogP contribution in [0.3, 0.4) is 0 Å². The molecule has 2 fully saturated rings. The highest BCUT2D eigenvalue weighted by Gasteiger charge is 2.26. The number of nitrogens with zero attached hydrogens (tertiary/aromatic N) is 1. The van der Waals surface area contributed by atoms with Gasteiger partial charge in [0.15, 0.2) is 0 Å². The van der Waals surface area contributed by atoms with Gasteiger partial charge in [-0.1, -0.05) is 12.8 Å². The molecule has 4 nitrogen and oxygen atoms in total. The quantitative estimate of drug-likeness (QED) is 0.557. The number of likely N-dealkylation sites (tertiary alicyclic amines) is 1. The molecule has 0 radical (unpaired) electrons. The van der Waals surface area contributed by atoms with E-state index in [2.05, 4.69) is 4.90 Å². The van der Waals surface area contributed by atoms with Gasteiger partial charge in [0.05, 0.1) is 6.54 Å². The van der Waals surface area contributed by atoms with E-state index in [1.165, 1.54) is 19.3 Å². The van der Waals surface area contributed by atoms with Gasteiger partial charge < -0.3 is 4.74 Å². The lowest BCUT2D eigenvalue weighted by atomic mass is 9.97. The second-order valence-electron chi connectivity index (χ2n) is 6.26. The minimum absolute atomic E-state index is 0.106. The Morgan fingerprint density at radius 3 is 2.48 bits per heavy atom. The third-order valence-corrected chi connectivity index (χ3v) is 4.79. The fourth-order valence-electron chi connectivity index (χ4n) is 3.45. The molecular formula is C16H26ClNO3. The maximum Gasteiger partial charge on any atom is 0.320 e. The summed E-state index contributed by atoms with van der Waals surface area (Å²) in [5.74, 6) is -0.106. The molecule has 2 aliphatic rings. The van der Waals surface area contributed by atoms with E-state index in [9.17, 15) is 9.59 Å². The van der Waals surface area contributed by atoms with Gasteiger partial charge in [-0.25, -0.2) is 0 Å². The molecule has 0 spiro atoms. The number of hydrogen-bond acceptors (Lipinski definition) is 4. The molecule has 1 heterocycles. The van der Waals surface area contributed by atoms with Crippen LogP contribution in [0.25, 0.3) is 0 Å². The molecule has 1 saturated carbocycles. The fourth-order valence-corrected chi connectivity index (χ4v) is 3.56. The predicted octanol–water partition coefficient (Wildman–Crippen LogP) is 3.26. The summed E-state index contributed by atoms with van der Waals surface area (Å²) in [5, 5.41) is -0.287. The van der Waals surface area contributed by atoms with E-state index in [0.717, 1.165) is 45.1 Å². The van der Waals surface area contributed by atoms with Gasteiger partial charge in [0.25, 0.3) is 0 Å². The molecule has 1 aliphatic heterocycles. The van der Waals surface area contributed by atoms with Gasteiger partial charge in [-0.2, -0.15) is 0 Å². The number of carbonyl (C=O) groups excluding carboxylic acids is 2. The van der Waals surface area contributed by atoms with Crippen LogP contribution in [-0.4, -0.2) is 41.3 Å². The van der Waals surface area contributed by atoms with Gasteiger partial charge in [0.1, 0.15) is 6.10 Å². The number of esters is 1. The summed E-state index contributed by atoms with van der Waals surface area (Å²) >= 11 is 5.43. The summed E-state index contributed by atoms with van der Waals surface area (Å²) in [6, 6.07) is 0.292. The van der Waals surface area contributed by atoms with Crippen molar-refractivity contribution in [1.82, 2.24) is 4.90 Å². The average molecular weight is 316 g/mol. The highest BCUT2D eigenvalue weighted by atomic mass is 35.5. The summed E-state index contributed by atoms with van der Waals surface area (Å²) in [6.45, 7) is 1.28. The third-order valence-electron chi connectivity index (χ3n) is 4.61. The highest BCUT2D eigenvalue weighted by molar-refractivity contribution is 6.63. The Kier molecular flexibility index (Phi) is 6.97. The van der Waals surface area contributed by atoms with Gasteiger partial charge in [-0.3, -0.25) is 14.5 Å². The lowest BCUT2D eigenvalue weighted by molar-refractivity contribution is -0.152. The Morgan fingerprint density at radius 2 is 1.76 bits per heavy atom. The van der Waals surface area contributed by atoms with Gasteiger partial charge in [-0.15, -0.1) is 0 Å². The van der Waals surface area contributed by atoms with Crippen molar-refractivity contribution in [3.63, 3.8) is 0 Å². The maximum absolute atomic E-state index is 12.1. The summed E-state index contributed by atoms with van der Waals surface area (Å²) in [5.41, 5.74) is 0. The Labute approximate surface area is 132 Å². The van der Waals surface area contributed by atoms with Gasteiger partial charge >= 0.3 is 5.97 Å². The number of piperidine rings is 1. The maximum atomic E-state index is 12.1. The SMILES string of the molecule is O=C(Cl)CCC1CCCCN1CC(=O)OC1CCCCC1. The van der Waals surface area contributed by atoms with Crippen molar-refractivity contribution < 1.29 is 14.3 Å². The summed E-state index contributed by atoms with van der Waals surface area (Å²) in [7, 11) is 0. The molecule has 5 heteroatoms. The van der Waals surface area contributed by atoms with Gasteiger partial charge in [0, 0.05) is 12.5 Å². The zero-order chi connectivity index (χ0) is 15.1. The first kappa shape index (κ1) is 16.8. The first-order chi connectivity index (χ1) is 10.1. The zero-order valence-electron chi connectivity index (χ0n) is 12.7. The molecular weight excluding hydrogens is 290 g/mol. The number of carbonyl (C=O) groups is 2. The second kappa shape index (κ2) is 8.74. The first-order valence-corrected chi connectivity index (χ1v) is 8.65. The third kappa shape index (κ3) is 5.95. The molecule has 0 aromatic rings. The molecule has 2 rings (SSSR count). The van der Waals surface area contributed by atoms with Crippen molar-refractivity contribution in [1.29, 1.82) is 0 Å². The second-order valence-corrected chi connectivity index (χ2v) is 6.69. The van der Waals surface area contributed by atoms with Crippen LogP contribution in [0.2, 0.25) is 0 Å². The minimum Gasteiger partial charge on any atom is -0.461 e. The summed E-state index contributed by atoms with van der Waals surface area (Å²) < 4.78 is 5.59. The molecule has 1 saturated heterocycles. The van der Waals surface area contributed by atoms with Gasteiger partial charge in [0.2, 0.25) is 5.24 Å². The summed E-state index contributed by atoms with van der Waals surface area (Å²) in [6.07, 6.45) is 10.2. The van der Waals surface area contributed by atoms with Crippen LogP contribution in [0.15, 0.2) is 0 Å². The largest absolute Gasteiger partial charge is 0.461 e. The zero-order valence-corrected chi connectivity index (χ0v) is 13.4. The molecule has 0 amide bonds. The van der Waals surface area contributed by atoms with Crippen molar-refractivity contribution in [2.24, 2.45) is 0 Å². The molecule has 0 bridgehead atoms. The molecule has 1 unspecified atom stereocenters. The van der Waals surface area contributed by atoms with Crippen molar-refractivity contribution >= 4 is 22.8 Å². The Morgan fingerprint density at radius 1 is 1.05 bits per heavy atom. The van der Waals surface area contributed by atoms with Crippen LogP contribution >= 0.6 is 11.6 Å². The van der Waals surface area contributed by atoms with Gasteiger partial charge in [-0.05, 0) is 63.1 Å². The lowest BCUT2D eigenvalue weighted by Gasteiger charge is -2.35. The van der Waals surface area contributed by atoms with E-state index in [1.807, 2.05) is 0 Å². The van der Waals surface area contributed by atoms with Crippen LogP contribution in [-0.2, 0) is 14.3 Å². The first-order valence-electron chi connectivity index (χ1n) is 8.27. The standard InChI is InChI=1S/C16H26ClNO3/c17-15(19)10-9-13-6-4-5-11-18(13)12-16(20)21-14-7-2-1-3-8-14/h13-14H,1-12H2. The van der Waals surface area contributed by atoms with Crippen LogP contribution in [0.4, 0.5) is 0 Å². The van der Waals surface area contributed by atoms with Crippen molar-refractivity contribution in [2.75, 3.05) is 13.1 Å². The molecule has 0 N–H and O–H groups in total. The monoisotopic (exact) mass is 315 g/mol. The lowest BCUT2D eigenvalue weighted by Crippen LogP contribution is -2.43. The Balaban J connectivity index is 1.77. The van der Waals surface area contributed by atoms with E-state index in [-0.39, 0.29) is 17.3 Å². The van der Waals surface area contributed by atoms with Crippen molar-refractivity contribution in [3.05, 3.63) is 0 Å². The topological polar surface area (TPSA) is 46.6 Å². The highest BCUT2D eigenvalue weighted by Crippen LogP contribution is 2.23. The van der Waals surface area contributed by atoms with E-state index in [1.54, 1.807) is 0 Å². The normalized spacial score (nSPS) is 24.7. The molecule has 0 aromatic carbocycles. The number of ether oxygens (including phenoxy) is 1. The molecule has 0 aromatic heterocycles. The van der Waals surface area contributed by atoms with E-state index in [0.29, 0.717) is 19.0 Å². The van der Waals surface area contributed by atoms with Crippen LogP contribution in [0, 0.1) is 0 Å². The number of rotatable bonds is 6.